The first-order valence-electron chi connectivity index (χ1n) is 5.73. The summed E-state index contributed by atoms with van der Waals surface area (Å²) in [6.07, 6.45) is 0. The second kappa shape index (κ2) is 5.81. The van der Waals surface area contributed by atoms with Gasteiger partial charge in [-0.25, -0.2) is 12.8 Å². The molecule has 0 N–H and O–H groups in total. The molecule has 0 spiro atoms. The number of halogens is 2. The molecule has 0 radical (unpaired) electrons. The normalized spacial score (nSPS) is 11.3. The van der Waals surface area contributed by atoms with E-state index >= 15 is 0 Å². The predicted molar refractivity (Wildman–Crippen MR) is 75.3 cm³/mol. The molecule has 20 heavy (non-hydrogen) atoms. The average Bonchev–Trinajstić information content (AvgIpc) is 2.38. The van der Waals surface area contributed by atoms with E-state index in [1.165, 1.54) is 31.4 Å². The standard InChI is InChI=1S/C14H12ClFO3S/c1-19-14-6-5-11(15)7-10(14)9-20(17,18)13-4-2-3-12(16)8-13/h2-8H,9H2,1H3. The van der Waals surface area contributed by atoms with Gasteiger partial charge in [-0.05, 0) is 36.4 Å². The zero-order valence-corrected chi connectivity index (χ0v) is 12.2. The van der Waals surface area contributed by atoms with Gasteiger partial charge in [-0.15, -0.1) is 0 Å². The van der Waals surface area contributed by atoms with Gasteiger partial charge in [0.1, 0.15) is 11.6 Å². The molecule has 0 aliphatic carbocycles. The van der Waals surface area contributed by atoms with Crippen LogP contribution in [0.1, 0.15) is 5.56 Å². The molecule has 0 aromatic heterocycles. The van der Waals surface area contributed by atoms with E-state index in [-0.39, 0.29) is 10.6 Å². The number of hydrogen-bond donors (Lipinski definition) is 0. The highest BCUT2D eigenvalue weighted by atomic mass is 35.5. The summed E-state index contributed by atoms with van der Waals surface area (Å²) in [6.45, 7) is 0. The van der Waals surface area contributed by atoms with Crippen LogP contribution in [0.5, 0.6) is 5.75 Å². The Morgan fingerprint density at radius 3 is 2.60 bits per heavy atom. The molecule has 2 rings (SSSR count). The Balaban J connectivity index is 2.40. The van der Waals surface area contributed by atoms with Gasteiger partial charge in [0.25, 0.3) is 0 Å². The molecule has 0 amide bonds. The van der Waals surface area contributed by atoms with Crippen LogP contribution in [0.3, 0.4) is 0 Å². The maximum absolute atomic E-state index is 13.1. The van der Waals surface area contributed by atoms with E-state index in [9.17, 15) is 12.8 Å². The summed E-state index contributed by atoms with van der Waals surface area (Å²) in [4.78, 5) is -0.0699. The van der Waals surface area contributed by atoms with Gasteiger partial charge in [-0.2, -0.15) is 0 Å². The minimum atomic E-state index is -3.66. The lowest BCUT2D eigenvalue weighted by Gasteiger charge is -2.10. The molecule has 0 saturated carbocycles. The van der Waals surface area contributed by atoms with Gasteiger partial charge in [-0.3, -0.25) is 0 Å². The molecule has 0 bridgehead atoms. The molecule has 6 heteroatoms. The largest absolute Gasteiger partial charge is 0.496 e. The first-order chi connectivity index (χ1) is 9.42. The minimum Gasteiger partial charge on any atom is -0.496 e. The van der Waals surface area contributed by atoms with Gasteiger partial charge in [0.15, 0.2) is 9.84 Å². The number of benzene rings is 2. The minimum absolute atomic E-state index is 0.0699. The zero-order valence-electron chi connectivity index (χ0n) is 10.6. The lowest BCUT2D eigenvalue weighted by molar-refractivity contribution is 0.411. The Morgan fingerprint density at radius 1 is 1.20 bits per heavy atom. The SMILES string of the molecule is COc1ccc(Cl)cc1CS(=O)(=O)c1cccc(F)c1. The number of methoxy groups -OCH3 is 1. The molecular formula is C14H12ClFO3S. The summed E-state index contributed by atoms with van der Waals surface area (Å²) < 4.78 is 42.8. The van der Waals surface area contributed by atoms with Gasteiger partial charge in [-0.1, -0.05) is 17.7 Å². The Morgan fingerprint density at radius 2 is 1.95 bits per heavy atom. The molecule has 0 saturated heterocycles. The molecule has 2 aromatic carbocycles. The fourth-order valence-corrected chi connectivity index (χ4v) is 3.38. The van der Waals surface area contributed by atoms with Crippen LogP contribution < -0.4 is 4.74 Å². The van der Waals surface area contributed by atoms with E-state index in [4.69, 9.17) is 16.3 Å². The van der Waals surface area contributed by atoms with E-state index < -0.39 is 15.7 Å². The molecule has 106 valence electrons. The molecule has 0 atom stereocenters. The number of rotatable bonds is 4. The van der Waals surface area contributed by atoms with Gasteiger partial charge in [0.05, 0.1) is 17.8 Å². The lowest BCUT2D eigenvalue weighted by atomic mass is 10.2. The fraction of sp³-hybridized carbons (Fsp3) is 0.143. The van der Waals surface area contributed by atoms with Crippen LogP contribution in [0.15, 0.2) is 47.4 Å². The van der Waals surface area contributed by atoms with Gasteiger partial charge < -0.3 is 4.74 Å². The van der Waals surface area contributed by atoms with E-state index in [0.29, 0.717) is 16.3 Å². The van der Waals surface area contributed by atoms with E-state index in [1.54, 1.807) is 12.1 Å². The number of ether oxygens (including phenoxy) is 1. The molecule has 0 fully saturated rings. The van der Waals surface area contributed by atoms with E-state index in [1.807, 2.05) is 0 Å². The molecule has 3 nitrogen and oxygen atoms in total. The van der Waals surface area contributed by atoms with Crippen LogP contribution in [0, 0.1) is 5.82 Å². The third-order valence-corrected chi connectivity index (χ3v) is 4.64. The number of hydrogen-bond acceptors (Lipinski definition) is 3. The maximum atomic E-state index is 13.1. The molecule has 2 aromatic rings. The van der Waals surface area contributed by atoms with Crippen molar-refractivity contribution in [3.8, 4) is 5.75 Å². The van der Waals surface area contributed by atoms with Crippen molar-refractivity contribution in [2.75, 3.05) is 7.11 Å². The Bertz CT molecular complexity index is 729. The Labute approximate surface area is 121 Å². The van der Waals surface area contributed by atoms with Gasteiger partial charge >= 0.3 is 0 Å². The maximum Gasteiger partial charge on any atom is 0.182 e. The molecule has 0 aliphatic rings. The quantitative estimate of drug-likeness (QED) is 0.868. The zero-order chi connectivity index (χ0) is 14.8. The summed E-state index contributed by atoms with van der Waals surface area (Å²) in [5.74, 6) is -0.473. The van der Waals surface area contributed by atoms with Gasteiger partial charge in [0.2, 0.25) is 0 Å². The van der Waals surface area contributed by atoms with Crippen molar-refractivity contribution in [3.05, 3.63) is 58.9 Å². The monoisotopic (exact) mass is 314 g/mol. The van der Waals surface area contributed by atoms with Crippen LogP contribution in [0.25, 0.3) is 0 Å². The van der Waals surface area contributed by atoms with Crippen molar-refractivity contribution in [3.63, 3.8) is 0 Å². The Hall–Kier alpha value is -1.59. The third-order valence-electron chi connectivity index (χ3n) is 2.74. The second-order valence-electron chi connectivity index (χ2n) is 4.17. The molecule has 0 heterocycles. The van der Waals surface area contributed by atoms with Crippen LogP contribution in [-0.2, 0) is 15.6 Å². The fourth-order valence-electron chi connectivity index (χ4n) is 1.81. The van der Waals surface area contributed by atoms with Crippen LogP contribution in [0.2, 0.25) is 5.02 Å². The van der Waals surface area contributed by atoms with Crippen molar-refractivity contribution < 1.29 is 17.5 Å². The summed E-state index contributed by atoms with van der Waals surface area (Å²) in [5.41, 5.74) is 0.435. The average molecular weight is 315 g/mol. The molecule has 0 aliphatic heterocycles. The summed E-state index contributed by atoms with van der Waals surface area (Å²) in [7, 11) is -2.22. The van der Waals surface area contributed by atoms with Crippen LogP contribution in [-0.4, -0.2) is 15.5 Å². The first kappa shape index (κ1) is 14.8. The van der Waals surface area contributed by atoms with Crippen LogP contribution in [0.4, 0.5) is 4.39 Å². The van der Waals surface area contributed by atoms with Gasteiger partial charge in [0, 0.05) is 10.6 Å². The Kier molecular flexibility index (Phi) is 4.30. The summed E-state index contributed by atoms with van der Waals surface area (Å²) >= 11 is 5.86. The first-order valence-corrected chi connectivity index (χ1v) is 7.76. The van der Waals surface area contributed by atoms with E-state index in [2.05, 4.69) is 0 Å². The van der Waals surface area contributed by atoms with Crippen LogP contribution >= 0.6 is 11.6 Å². The smallest absolute Gasteiger partial charge is 0.182 e. The van der Waals surface area contributed by atoms with E-state index in [0.717, 1.165) is 6.07 Å². The molecule has 0 unspecified atom stereocenters. The highest BCUT2D eigenvalue weighted by Crippen LogP contribution is 2.27. The van der Waals surface area contributed by atoms with Crippen molar-refractivity contribution >= 4 is 21.4 Å². The second-order valence-corrected chi connectivity index (χ2v) is 6.60. The third kappa shape index (κ3) is 3.29. The summed E-state index contributed by atoms with van der Waals surface area (Å²) in [6, 6.07) is 9.63. The predicted octanol–water partition coefficient (Wildman–Crippen LogP) is 3.46. The lowest BCUT2D eigenvalue weighted by Crippen LogP contribution is -2.06. The highest BCUT2D eigenvalue weighted by molar-refractivity contribution is 7.90. The highest BCUT2D eigenvalue weighted by Gasteiger charge is 2.18. The van der Waals surface area contributed by atoms with Crippen molar-refractivity contribution in [1.82, 2.24) is 0 Å². The van der Waals surface area contributed by atoms with Crippen molar-refractivity contribution in [1.29, 1.82) is 0 Å². The van der Waals surface area contributed by atoms with Crippen molar-refractivity contribution in [2.24, 2.45) is 0 Å². The number of sulfone groups is 1. The summed E-state index contributed by atoms with van der Waals surface area (Å²) in [5, 5.41) is 0.412. The topological polar surface area (TPSA) is 43.4 Å². The van der Waals surface area contributed by atoms with Crippen molar-refractivity contribution in [2.45, 2.75) is 10.6 Å². The molecular weight excluding hydrogens is 303 g/mol.